The summed E-state index contributed by atoms with van der Waals surface area (Å²) in [7, 11) is 0. The number of aryl methyl sites for hydroxylation is 1. The quantitative estimate of drug-likeness (QED) is 0.425. The van der Waals surface area contributed by atoms with Crippen LogP contribution in [-0.4, -0.2) is 17.5 Å². The number of aromatic nitrogens is 1. The van der Waals surface area contributed by atoms with Crippen molar-refractivity contribution < 1.29 is 13.9 Å². The van der Waals surface area contributed by atoms with E-state index in [9.17, 15) is 9.59 Å². The van der Waals surface area contributed by atoms with Crippen LogP contribution in [0.4, 0.5) is 5.82 Å². The van der Waals surface area contributed by atoms with E-state index in [1.165, 1.54) is 11.1 Å². The number of hydrogen-bond donors (Lipinski definition) is 0. The number of anilines is 1. The van der Waals surface area contributed by atoms with Gasteiger partial charge in [-0.15, -0.1) is 0 Å². The second-order valence-corrected chi connectivity index (χ2v) is 8.03. The van der Waals surface area contributed by atoms with Gasteiger partial charge in [0.1, 0.15) is 17.2 Å². The zero-order chi connectivity index (χ0) is 22.4. The molecule has 0 aliphatic carbocycles. The van der Waals surface area contributed by atoms with E-state index in [1.54, 1.807) is 24.3 Å². The predicted octanol–water partition coefficient (Wildman–Crippen LogP) is 5.30. The first-order chi connectivity index (χ1) is 15.5. The first-order valence-electron chi connectivity index (χ1n) is 10.2. The van der Waals surface area contributed by atoms with Crippen molar-refractivity contribution in [3.8, 4) is 5.75 Å². The van der Waals surface area contributed by atoms with Crippen LogP contribution in [0, 0.1) is 6.92 Å². The van der Waals surface area contributed by atoms with Crippen molar-refractivity contribution in [1.29, 1.82) is 0 Å². The molecule has 1 amide bonds. The van der Waals surface area contributed by atoms with Gasteiger partial charge in [0.15, 0.2) is 5.43 Å². The van der Waals surface area contributed by atoms with Crippen LogP contribution in [0.25, 0.3) is 11.0 Å². The van der Waals surface area contributed by atoms with E-state index in [0.717, 1.165) is 11.1 Å². The molecule has 0 spiro atoms. The lowest BCUT2D eigenvalue weighted by Crippen LogP contribution is -2.30. The van der Waals surface area contributed by atoms with Crippen molar-refractivity contribution in [2.45, 2.75) is 19.9 Å². The molecule has 2 aromatic carbocycles. The topological polar surface area (TPSA) is 72.6 Å². The second-order valence-electron chi connectivity index (χ2n) is 7.59. The van der Waals surface area contributed by atoms with E-state index in [1.807, 2.05) is 44.2 Å². The van der Waals surface area contributed by atoms with E-state index in [-0.39, 0.29) is 11.2 Å². The number of nitrogens with zero attached hydrogens (tertiary/aromatic N) is 2. The Kier molecular flexibility index (Phi) is 4.94. The van der Waals surface area contributed by atoms with Crippen LogP contribution in [0.3, 0.4) is 0 Å². The molecule has 5 rings (SSSR count). The minimum absolute atomic E-state index is 0.0231. The molecule has 1 unspecified atom stereocenters. The number of fused-ring (bicyclic) bond motifs is 2. The molecule has 0 fully saturated rings. The van der Waals surface area contributed by atoms with Gasteiger partial charge in [-0.2, -0.15) is 0 Å². The Balaban J connectivity index is 1.79. The Morgan fingerprint density at radius 2 is 1.97 bits per heavy atom. The number of benzene rings is 2. The number of carbonyl (C=O) groups excluding carboxylic acids is 1. The lowest BCUT2D eigenvalue weighted by molar-refractivity contribution is 0.0970. The van der Waals surface area contributed by atoms with Crippen LogP contribution >= 0.6 is 11.6 Å². The summed E-state index contributed by atoms with van der Waals surface area (Å²) < 4.78 is 11.6. The van der Waals surface area contributed by atoms with Crippen molar-refractivity contribution in [3.63, 3.8) is 0 Å². The van der Waals surface area contributed by atoms with Gasteiger partial charge in [0.05, 0.1) is 28.6 Å². The highest BCUT2D eigenvalue weighted by Gasteiger charge is 2.44. The third kappa shape index (κ3) is 3.24. The zero-order valence-corrected chi connectivity index (χ0v) is 18.2. The van der Waals surface area contributed by atoms with Crippen LogP contribution in [-0.2, 0) is 0 Å². The van der Waals surface area contributed by atoms with Crippen molar-refractivity contribution in [3.05, 3.63) is 98.5 Å². The Labute approximate surface area is 189 Å². The standard InChI is InChI=1S/C25H19ClN2O4/c1-3-31-17-6-4-5-15(12-17)22-21-23(29)18-11-14(2)7-9-19(18)32-24(21)25(30)28(22)20-10-8-16(26)13-27-20/h4-13,22H,3H2,1-2H3. The molecule has 160 valence electrons. The lowest BCUT2D eigenvalue weighted by atomic mass is 9.98. The molecule has 6 nitrogen and oxygen atoms in total. The first-order valence-corrected chi connectivity index (χ1v) is 10.6. The smallest absolute Gasteiger partial charge is 0.296 e. The minimum atomic E-state index is -0.715. The van der Waals surface area contributed by atoms with Gasteiger partial charge in [0.25, 0.3) is 5.91 Å². The van der Waals surface area contributed by atoms with E-state index in [2.05, 4.69) is 4.98 Å². The average Bonchev–Trinajstić information content (AvgIpc) is 3.08. The fourth-order valence-electron chi connectivity index (χ4n) is 4.09. The molecule has 1 aliphatic rings. The highest BCUT2D eigenvalue weighted by molar-refractivity contribution is 6.30. The summed E-state index contributed by atoms with van der Waals surface area (Å²) in [5.41, 5.74) is 2.08. The molecule has 3 heterocycles. The number of halogens is 1. The van der Waals surface area contributed by atoms with Crippen molar-refractivity contribution >= 4 is 34.3 Å². The summed E-state index contributed by atoms with van der Waals surface area (Å²) in [5.74, 6) is 0.615. The molecule has 2 aromatic heterocycles. The summed E-state index contributed by atoms with van der Waals surface area (Å²) in [6.07, 6.45) is 1.47. The van der Waals surface area contributed by atoms with Crippen molar-refractivity contribution in [2.75, 3.05) is 11.5 Å². The lowest BCUT2D eigenvalue weighted by Gasteiger charge is -2.24. The first kappa shape index (κ1) is 20.3. The molecule has 7 heteroatoms. The summed E-state index contributed by atoms with van der Waals surface area (Å²) in [5, 5.41) is 0.886. The van der Waals surface area contributed by atoms with Crippen LogP contribution in [0.5, 0.6) is 5.75 Å². The van der Waals surface area contributed by atoms with Crippen molar-refractivity contribution in [2.24, 2.45) is 0 Å². The maximum absolute atomic E-state index is 13.6. The van der Waals surface area contributed by atoms with Crippen LogP contribution in [0.1, 0.15) is 40.2 Å². The van der Waals surface area contributed by atoms with Crippen LogP contribution in [0.2, 0.25) is 5.02 Å². The normalized spacial score (nSPS) is 15.3. The largest absolute Gasteiger partial charge is 0.494 e. The maximum atomic E-state index is 13.6. The fraction of sp³-hybridized carbons (Fsp3) is 0.160. The number of hydrogen-bond acceptors (Lipinski definition) is 5. The molecule has 0 saturated heterocycles. The van der Waals surface area contributed by atoms with E-state index in [0.29, 0.717) is 39.7 Å². The predicted molar refractivity (Wildman–Crippen MR) is 123 cm³/mol. The molecular formula is C25H19ClN2O4. The second kappa shape index (κ2) is 7.80. The highest BCUT2D eigenvalue weighted by atomic mass is 35.5. The SMILES string of the molecule is CCOc1cccc(C2c3c(oc4ccc(C)cc4c3=O)C(=O)N2c2ccc(Cl)cn2)c1. The molecule has 32 heavy (non-hydrogen) atoms. The summed E-state index contributed by atoms with van der Waals surface area (Å²) in [4.78, 5) is 33.0. The third-order valence-corrected chi connectivity index (χ3v) is 5.69. The van der Waals surface area contributed by atoms with Gasteiger partial charge in [-0.1, -0.05) is 35.4 Å². The van der Waals surface area contributed by atoms with Crippen molar-refractivity contribution in [1.82, 2.24) is 4.98 Å². The molecule has 4 aromatic rings. The summed E-state index contributed by atoms with van der Waals surface area (Å²) in [6.45, 7) is 4.30. The fourth-order valence-corrected chi connectivity index (χ4v) is 4.20. The Morgan fingerprint density at radius 3 is 2.72 bits per heavy atom. The van der Waals surface area contributed by atoms with Gasteiger partial charge >= 0.3 is 0 Å². The average molecular weight is 447 g/mol. The number of rotatable bonds is 4. The Morgan fingerprint density at radius 1 is 1.12 bits per heavy atom. The molecule has 1 aliphatic heterocycles. The van der Waals surface area contributed by atoms with Gasteiger partial charge in [-0.3, -0.25) is 14.5 Å². The molecular weight excluding hydrogens is 428 g/mol. The van der Waals surface area contributed by atoms with E-state index < -0.39 is 11.9 Å². The highest BCUT2D eigenvalue weighted by Crippen LogP contribution is 2.41. The Hall–Kier alpha value is -3.64. The number of carbonyl (C=O) groups is 1. The monoisotopic (exact) mass is 446 g/mol. The van der Waals surface area contributed by atoms with E-state index in [4.69, 9.17) is 20.8 Å². The maximum Gasteiger partial charge on any atom is 0.296 e. The summed E-state index contributed by atoms with van der Waals surface area (Å²) in [6, 6.07) is 15.3. The van der Waals surface area contributed by atoms with Gasteiger partial charge in [0, 0.05) is 6.20 Å². The van der Waals surface area contributed by atoms with Crippen LogP contribution < -0.4 is 15.1 Å². The van der Waals surface area contributed by atoms with Gasteiger partial charge < -0.3 is 9.15 Å². The van der Waals surface area contributed by atoms with Gasteiger partial charge in [-0.05, 0) is 55.8 Å². The molecule has 0 N–H and O–H groups in total. The minimum Gasteiger partial charge on any atom is -0.494 e. The molecule has 0 bridgehead atoms. The summed E-state index contributed by atoms with van der Waals surface area (Å²) >= 11 is 6.01. The third-order valence-electron chi connectivity index (χ3n) is 5.47. The van der Waals surface area contributed by atoms with Gasteiger partial charge in [-0.25, -0.2) is 4.98 Å². The molecule has 0 saturated carbocycles. The number of pyridine rings is 1. The Bertz CT molecular complexity index is 1410. The molecule has 1 atom stereocenters. The zero-order valence-electron chi connectivity index (χ0n) is 17.5. The number of amides is 1. The number of ether oxygens (including phenoxy) is 1. The van der Waals surface area contributed by atoms with E-state index >= 15 is 0 Å². The van der Waals surface area contributed by atoms with Crippen LogP contribution in [0.15, 0.2) is 70.0 Å². The van der Waals surface area contributed by atoms with Gasteiger partial charge in [0.2, 0.25) is 5.76 Å². The molecule has 0 radical (unpaired) electrons.